The first-order valence-corrected chi connectivity index (χ1v) is 9.45. The van der Waals surface area contributed by atoms with Crippen LogP contribution in [0.3, 0.4) is 0 Å². The Labute approximate surface area is 167 Å². The molecule has 3 heterocycles. The van der Waals surface area contributed by atoms with Crippen LogP contribution in [0, 0.1) is 0 Å². The Morgan fingerprint density at radius 3 is 2.52 bits per heavy atom. The maximum atomic E-state index is 12.8. The average Bonchev–Trinajstić information content (AvgIpc) is 3.40. The number of ether oxygens (including phenoxy) is 3. The fourth-order valence-electron chi connectivity index (χ4n) is 3.58. The molecule has 1 fully saturated rings. The van der Waals surface area contributed by atoms with Crippen LogP contribution in [-0.2, 0) is 0 Å². The highest BCUT2D eigenvalue weighted by atomic mass is 16.5. The number of nitrogens with zero attached hydrogens (tertiary/aromatic N) is 3. The first-order valence-electron chi connectivity index (χ1n) is 9.45. The third-order valence-corrected chi connectivity index (χ3v) is 5.03. The van der Waals surface area contributed by atoms with Crippen LogP contribution in [0.4, 0.5) is 11.9 Å². The van der Waals surface area contributed by atoms with Crippen molar-refractivity contribution in [3.63, 3.8) is 0 Å². The SMILES string of the molecule is COc1cc(OC)c2cc(C(=O)Nc3nc(N4CCCCC4)n[nH]3)[nH]c2c1OC. The number of methoxy groups -OCH3 is 3. The molecule has 0 bridgehead atoms. The summed E-state index contributed by atoms with van der Waals surface area (Å²) in [6, 6.07) is 3.42. The predicted molar refractivity (Wildman–Crippen MR) is 108 cm³/mol. The van der Waals surface area contributed by atoms with E-state index in [2.05, 4.69) is 30.4 Å². The molecular formula is C19H24N6O4. The summed E-state index contributed by atoms with van der Waals surface area (Å²) in [7, 11) is 4.65. The molecule has 1 aromatic carbocycles. The van der Waals surface area contributed by atoms with Gasteiger partial charge in [-0.1, -0.05) is 0 Å². The molecule has 4 rings (SSSR count). The number of amides is 1. The molecule has 0 unspecified atom stereocenters. The van der Waals surface area contributed by atoms with E-state index in [9.17, 15) is 4.79 Å². The van der Waals surface area contributed by atoms with Crippen LogP contribution in [0.2, 0.25) is 0 Å². The van der Waals surface area contributed by atoms with Crippen molar-refractivity contribution >= 4 is 28.7 Å². The minimum Gasteiger partial charge on any atom is -0.496 e. The van der Waals surface area contributed by atoms with Gasteiger partial charge in [0.25, 0.3) is 5.91 Å². The molecular weight excluding hydrogens is 376 g/mol. The quantitative estimate of drug-likeness (QED) is 0.582. The lowest BCUT2D eigenvalue weighted by Crippen LogP contribution is -2.30. The smallest absolute Gasteiger partial charge is 0.274 e. The molecule has 0 aliphatic carbocycles. The normalized spacial score (nSPS) is 14.1. The third kappa shape index (κ3) is 3.53. The van der Waals surface area contributed by atoms with Gasteiger partial charge in [-0.05, 0) is 25.3 Å². The number of anilines is 2. The van der Waals surface area contributed by atoms with E-state index in [0.717, 1.165) is 25.9 Å². The van der Waals surface area contributed by atoms with E-state index in [4.69, 9.17) is 14.2 Å². The highest BCUT2D eigenvalue weighted by Gasteiger charge is 2.21. The molecule has 3 aromatic rings. The minimum absolute atomic E-state index is 0.297. The Kier molecular flexibility index (Phi) is 5.15. The number of hydrogen-bond donors (Lipinski definition) is 3. The van der Waals surface area contributed by atoms with Crippen LogP contribution in [-0.4, -0.2) is 60.5 Å². The van der Waals surface area contributed by atoms with Crippen LogP contribution in [0.5, 0.6) is 17.2 Å². The Bertz CT molecular complexity index is 1020. The molecule has 1 saturated heterocycles. The fourth-order valence-corrected chi connectivity index (χ4v) is 3.58. The topological polar surface area (TPSA) is 117 Å². The van der Waals surface area contributed by atoms with Gasteiger partial charge in [-0.15, -0.1) is 5.10 Å². The molecule has 3 N–H and O–H groups in total. The van der Waals surface area contributed by atoms with Crippen molar-refractivity contribution < 1.29 is 19.0 Å². The van der Waals surface area contributed by atoms with Crippen molar-refractivity contribution in [2.45, 2.75) is 19.3 Å². The van der Waals surface area contributed by atoms with Gasteiger partial charge in [-0.2, -0.15) is 4.98 Å². The summed E-state index contributed by atoms with van der Waals surface area (Å²) < 4.78 is 16.2. The number of aromatic nitrogens is 4. The van der Waals surface area contributed by atoms with Gasteiger partial charge >= 0.3 is 0 Å². The van der Waals surface area contributed by atoms with Crippen LogP contribution < -0.4 is 24.4 Å². The second kappa shape index (κ2) is 7.90. The zero-order valence-electron chi connectivity index (χ0n) is 16.7. The van der Waals surface area contributed by atoms with E-state index < -0.39 is 0 Å². The van der Waals surface area contributed by atoms with Crippen molar-refractivity contribution in [1.82, 2.24) is 20.2 Å². The highest BCUT2D eigenvalue weighted by molar-refractivity contribution is 6.07. The van der Waals surface area contributed by atoms with E-state index in [0.29, 0.717) is 45.7 Å². The van der Waals surface area contributed by atoms with Gasteiger partial charge in [0.1, 0.15) is 11.4 Å². The van der Waals surface area contributed by atoms with Crippen LogP contribution in [0.1, 0.15) is 29.8 Å². The number of rotatable bonds is 6. The number of hydrogen-bond acceptors (Lipinski definition) is 7. The van der Waals surface area contributed by atoms with E-state index >= 15 is 0 Å². The average molecular weight is 400 g/mol. The van der Waals surface area contributed by atoms with E-state index in [1.54, 1.807) is 33.5 Å². The number of aromatic amines is 2. The molecule has 0 radical (unpaired) electrons. The van der Waals surface area contributed by atoms with Gasteiger partial charge in [0.2, 0.25) is 11.9 Å². The predicted octanol–water partition coefficient (Wildman–Crippen LogP) is 2.55. The van der Waals surface area contributed by atoms with E-state index in [1.165, 1.54) is 6.42 Å². The summed E-state index contributed by atoms with van der Waals surface area (Å²) in [4.78, 5) is 22.4. The molecule has 10 heteroatoms. The molecule has 0 atom stereocenters. The van der Waals surface area contributed by atoms with E-state index in [1.807, 2.05) is 0 Å². The van der Waals surface area contributed by atoms with Crippen molar-refractivity contribution in [1.29, 1.82) is 0 Å². The Balaban J connectivity index is 1.59. The lowest BCUT2D eigenvalue weighted by Gasteiger charge is -2.24. The molecule has 10 nitrogen and oxygen atoms in total. The Morgan fingerprint density at radius 1 is 1.07 bits per heavy atom. The molecule has 0 spiro atoms. The molecule has 2 aromatic heterocycles. The summed E-state index contributed by atoms with van der Waals surface area (Å²) >= 11 is 0. The molecule has 0 saturated carbocycles. The van der Waals surface area contributed by atoms with Crippen LogP contribution in [0.15, 0.2) is 12.1 Å². The molecule has 154 valence electrons. The van der Waals surface area contributed by atoms with Gasteiger partial charge < -0.3 is 24.1 Å². The van der Waals surface area contributed by atoms with Gasteiger partial charge in [0.15, 0.2) is 11.5 Å². The molecule has 29 heavy (non-hydrogen) atoms. The van der Waals surface area contributed by atoms with Crippen molar-refractivity contribution in [2.75, 3.05) is 44.6 Å². The van der Waals surface area contributed by atoms with Gasteiger partial charge in [0, 0.05) is 24.5 Å². The maximum Gasteiger partial charge on any atom is 0.274 e. The summed E-state index contributed by atoms with van der Waals surface area (Å²) in [6.07, 6.45) is 3.47. The molecule has 1 aliphatic rings. The Morgan fingerprint density at radius 2 is 1.83 bits per heavy atom. The van der Waals surface area contributed by atoms with Gasteiger partial charge in [-0.3, -0.25) is 10.1 Å². The lowest BCUT2D eigenvalue weighted by molar-refractivity contribution is 0.102. The molecule has 1 amide bonds. The van der Waals surface area contributed by atoms with Gasteiger partial charge in [-0.25, -0.2) is 5.10 Å². The second-order valence-corrected chi connectivity index (χ2v) is 6.77. The summed E-state index contributed by atoms with van der Waals surface area (Å²) in [6.45, 7) is 1.85. The van der Waals surface area contributed by atoms with Crippen molar-refractivity contribution in [3.8, 4) is 17.2 Å². The summed E-state index contributed by atoms with van der Waals surface area (Å²) in [5, 5.41) is 10.5. The Hall–Kier alpha value is -3.43. The van der Waals surface area contributed by atoms with Crippen LogP contribution >= 0.6 is 0 Å². The maximum absolute atomic E-state index is 12.8. The summed E-state index contributed by atoms with van der Waals surface area (Å²) in [5.74, 6) is 2.11. The zero-order chi connectivity index (χ0) is 20.4. The number of piperidine rings is 1. The zero-order valence-corrected chi connectivity index (χ0v) is 16.7. The number of carbonyl (C=O) groups excluding carboxylic acids is 1. The monoisotopic (exact) mass is 400 g/mol. The second-order valence-electron chi connectivity index (χ2n) is 6.77. The van der Waals surface area contributed by atoms with Gasteiger partial charge in [0.05, 0.1) is 26.8 Å². The highest BCUT2D eigenvalue weighted by Crippen LogP contribution is 2.41. The number of nitrogens with one attached hydrogen (secondary N) is 3. The first-order chi connectivity index (χ1) is 14.1. The fraction of sp³-hybridized carbons (Fsp3) is 0.421. The number of fused-ring (bicyclic) bond motifs is 1. The van der Waals surface area contributed by atoms with Crippen LogP contribution in [0.25, 0.3) is 10.9 Å². The van der Waals surface area contributed by atoms with Crippen molar-refractivity contribution in [2.24, 2.45) is 0 Å². The largest absolute Gasteiger partial charge is 0.496 e. The standard InChI is InChI=1S/C19H24N6O4/c1-27-13-10-14(28-2)16(29-3)15-11(13)9-12(20-15)17(26)21-18-22-19(24-23-18)25-7-5-4-6-8-25/h9-10,20H,4-8H2,1-3H3,(H2,21,22,23,24,26). The molecule has 1 aliphatic heterocycles. The minimum atomic E-state index is -0.356. The third-order valence-electron chi connectivity index (χ3n) is 5.03. The lowest BCUT2D eigenvalue weighted by atomic mass is 10.1. The van der Waals surface area contributed by atoms with E-state index in [-0.39, 0.29) is 5.91 Å². The number of benzene rings is 1. The number of carbonyl (C=O) groups is 1. The summed E-state index contributed by atoms with van der Waals surface area (Å²) in [5.41, 5.74) is 0.946. The number of H-pyrrole nitrogens is 2. The van der Waals surface area contributed by atoms with Crippen molar-refractivity contribution in [3.05, 3.63) is 17.8 Å². The first kappa shape index (κ1) is 18.9.